The largest absolute Gasteiger partial charge is 0.397 e. The maximum Gasteiger partial charge on any atom is 0.123 e. The number of anilines is 1. The van der Waals surface area contributed by atoms with Crippen LogP contribution in [0.5, 0.6) is 0 Å². The Bertz CT molecular complexity index is 636. The van der Waals surface area contributed by atoms with E-state index in [2.05, 4.69) is 15.9 Å². The molecule has 0 heterocycles. The lowest BCUT2D eigenvalue weighted by atomic mass is 10.00. The van der Waals surface area contributed by atoms with Gasteiger partial charge in [0, 0.05) is 25.6 Å². The molecule has 1 atom stereocenters. The number of aliphatic hydroxyl groups excluding tert-OH is 1. The van der Waals surface area contributed by atoms with Gasteiger partial charge in [0.1, 0.15) is 11.9 Å². The lowest BCUT2D eigenvalue weighted by Gasteiger charge is -2.17. The van der Waals surface area contributed by atoms with E-state index in [0.717, 1.165) is 6.07 Å². The van der Waals surface area contributed by atoms with Gasteiger partial charge in [-0.15, -0.1) is 0 Å². The number of hydrogen-bond donors (Lipinski definition) is 2. The lowest BCUT2D eigenvalue weighted by molar-refractivity contribution is 0.220. The van der Waals surface area contributed by atoms with Crippen LogP contribution in [-0.4, -0.2) is 5.11 Å². The van der Waals surface area contributed by atoms with Crippen molar-refractivity contribution in [3.05, 3.63) is 61.8 Å². The highest BCUT2D eigenvalue weighted by Gasteiger charge is 2.21. The molecule has 0 aliphatic rings. The monoisotopic (exact) mass is 363 g/mol. The van der Waals surface area contributed by atoms with Crippen LogP contribution in [0.15, 0.2) is 34.8 Å². The molecule has 6 heteroatoms. The Morgan fingerprint density at radius 3 is 2.47 bits per heavy atom. The summed E-state index contributed by atoms with van der Waals surface area (Å²) < 4.78 is 13.9. The maximum absolute atomic E-state index is 13.3. The molecule has 100 valence electrons. The number of nitrogen functional groups attached to an aromatic ring is 1. The molecular formula is C13H9BrCl2FNO. The molecule has 1 unspecified atom stereocenters. The molecule has 2 aromatic rings. The van der Waals surface area contributed by atoms with Crippen molar-refractivity contribution in [3.8, 4) is 0 Å². The third-order valence-electron chi connectivity index (χ3n) is 2.71. The maximum atomic E-state index is 13.3. The van der Waals surface area contributed by atoms with Crippen LogP contribution in [0.4, 0.5) is 10.1 Å². The van der Waals surface area contributed by atoms with Crippen molar-refractivity contribution >= 4 is 44.8 Å². The third-order valence-corrected chi connectivity index (χ3v) is 4.07. The average Bonchev–Trinajstić information content (AvgIpc) is 2.37. The van der Waals surface area contributed by atoms with Gasteiger partial charge in [0.15, 0.2) is 0 Å². The highest BCUT2D eigenvalue weighted by atomic mass is 79.9. The molecule has 0 spiro atoms. The van der Waals surface area contributed by atoms with Gasteiger partial charge in [-0.3, -0.25) is 0 Å². The molecule has 2 aromatic carbocycles. The zero-order valence-electron chi connectivity index (χ0n) is 9.50. The van der Waals surface area contributed by atoms with E-state index in [9.17, 15) is 9.50 Å². The van der Waals surface area contributed by atoms with Crippen molar-refractivity contribution in [2.75, 3.05) is 5.73 Å². The Morgan fingerprint density at radius 2 is 1.79 bits per heavy atom. The molecule has 0 fully saturated rings. The highest BCUT2D eigenvalue weighted by molar-refractivity contribution is 9.10. The van der Waals surface area contributed by atoms with Crippen molar-refractivity contribution in [2.45, 2.75) is 6.10 Å². The minimum Gasteiger partial charge on any atom is -0.397 e. The van der Waals surface area contributed by atoms with Gasteiger partial charge in [-0.1, -0.05) is 23.2 Å². The van der Waals surface area contributed by atoms with Crippen LogP contribution < -0.4 is 5.73 Å². The minimum atomic E-state index is -1.20. The Hall–Kier alpha value is -0.810. The zero-order valence-corrected chi connectivity index (χ0v) is 12.6. The van der Waals surface area contributed by atoms with Crippen LogP contribution in [-0.2, 0) is 0 Å². The summed E-state index contributed by atoms with van der Waals surface area (Å²) in [5.74, 6) is -0.497. The Balaban J connectivity index is 2.59. The summed E-state index contributed by atoms with van der Waals surface area (Å²) in [5.41, 5.74) is 6.68. The molecule has 0 saturated carbocycles. The molecule has 0 aliphatic carbocycles. The van der Waals surface area contributed by atoms with Gasteiger partial charge in [-0.2, -0.15) is 0 Å². The van der Waals surface area contributed by atoms with Crippen molar-refractivity contribution in [1.29, 1.82) is 0 Å². The first-order valence-corrected chi connectivity index (χ1v) is 6.83. The molecule has 0 saturated heterocycles. The van der Waals surface area contributed by atoms with E-state index < -0.39 is 11.9 Å². The SMILES string of the molecule is Nc1c(Br)ccc(Cl)c1C(O)c1cc(F)ccc1Cl. The van der Waals surface area contributed by atoms with E-state index in [4.69, 9.17) is 28.9 Å². The lowest BCUT2D eigenvalue weighted by Crippen LogP contribution is -2.06. The first-order chi connectivity index (χ1) is 8.91. The topological polar surface area (TPSA) is 46.2 Å². The Kier molecular flexibility index (Phi) is 4.36. The molecule has 0 radical (unpaired) electrons. The minimum absolute atomic E-state index is 0.216. The normalized spacial score (nSPS) is 12.5. The number of aliphatic hydroxyl groups is 1. The highest BCUT2D eigenvalue weighted by Crippen LogP contribution is 2.39. The smallest absolute Gasteiger partial charge is 0.123 e. The molecule has 0 aliphatic heterocycles. The number of nitrogens with two attached hydrogens (primary N) is 1. The molecule has 0 aromatic heterocycles. The second kappa shape index (κ2) is 5.67. The Labute approximate surface area is 128 Å². The standard InChI is InChI=1S/C13H9BrCl2FNO/c14-8-2-4-10(16)11(12(8)18)13(19)7-5-6(17)1-3-9(7)15/h1-5,13,19H,18H2. The first kappa shape index (κ1) is 14.6. The van der Waals surface area contributed by atoms with E-state index in [-0.39, 0.29) is 15.6 Å². The fourth-order valence-electron chi connectivity index (χ4n) is 1.74. The van der Waals surface area contributed by atoms with Crippen molar-refractivity contribution in [1.82, 2.24) is 0 Å². The van der Waals surface area contributed by atoms with E-state index in [1.54, 1.807) is 12.1 Å². The van der Waals surface area contributed by atoms with Gasteiger partial charge in [-0.05, 0) is 46.3 Å². The average molecular weight is 365 g/mol. The van der Waals surface area contributed by atoms with Gasteiger partial charge in [0.25, 0.3) is 0 Å². The molecule has 0 amide bonds. The molecule has 3 N–H and O–H groups in total. The fraction of sp³-hybridized carbons (Fsp3) is 0.0769. The number of halogens is 4. The predicted octanol–water partition coefficient (Wildman–Crippen LogP) is 4.56. The summed E-state index contributed by atoms with van der Waals surface area (Å²) in [6.07, 6.45) is -1.20. The number of rotatable bonds is 2. The van der Waals surface area contributed by atoms with Gasteiger partial charge < -0.3 is 10.8 Å². The van der Waals surface area contributed by atoms with Crippen LogP contribution >= 0.6 is 39.1 Å². The van der Waals surface area contributed by atoms with E-state index in [0.29, 0.717) is 15.7 Å². The quantitative estimate of drug-likeness (QED) is 0.767. The van der Waals surface area contributed by atoms with Crippen LogP contribution in [0.2, 0.25) is 10.0 Å². The van der Waals surface area contributed by atoms with Gasteiger partial charge >= 0.3 is 0 Å². The first-order valence-electron chi connectivity index (χ1n) is 5.28. The van der Waals surface area contributed by atoms with Crippen LogP contribution in [0.3, 0.4) is 0 Å². The summed E-state index contributed by atoms with van der Waals surface area (Å²) >= 11 is 15.3. The zero-order chi connectivity index (χ0) is 14.2. The van der Waals surface area contributed by atoms with E-state index >= 15 is 0 Å². The second-order valence-electron chi connectivity index (χ2n) is 3.92. The van der Waals surface area contributed by atoms with Gasteiger partial charge in [0.05, 0.1) is 5.69 Å². The molecular weight excluding hydrogens is 356 g/mol. The van der Waals surface area contributed by atoms with E-state index in [1.165, 1.54) is 12.1 Å². The van der Waals surface area contributed by atoms with Crippen molar-refractivity contribution in [3.63, 3.8) is 0 Å². The summed E-state index contributed by atoms with van der Waals surface area (Å²) in [4.78, 5) is 0. The van der Waals surface area contributed by atoms with Gasteiger partial charge in [-0.25, -0.2) is 4.39 Å². The summed E-state index contributed by atoms with van der Waals surface area (Å²) in [7, 11) is 0. The number of benzene rings is 2. The van der Waals surface area contributed by atoms with Crippen molar-refractivity contribution < 1.29 is 9.50 Å². The number of hydrogen-bond acceptors (Lipinski definition) is 2. The van der Waals surface area contributed by atoms with Crippen molar-refractivity contribution in [2.24, 2.45) is 0 Å². The fourth-order valence-corrected chi connectivity index (χ4v) is 2.58. The molecule has 0 bridgehead atoms. The molecule has 2 nitrogen and oxygen atoms in total. The third kappa shape index (κ3) is 2.87. The summed E-state index contributed by atoms with van der Waals surface area (Å²) in [6.45, 7) is 0. The van der Waals surface area contributed by atoms with Crippen LogP contribution in [0.1, 0.15) is 17.2 Å². The second-order valence-corrected chi connectivity index (χ2v) is 5.59. The predicted molar refractivity (Wildman–Crippen MR) is 79.0 cm³/mol. The van der Waals surface area contributed by atoms with Crippen LogP contribution in [0, 0.1) is 5.82 Å². The molecule has 19 heavy (non-hydrogen) atoms. The van der Waals surface area contributed by atoms with Gasteiger partial charge in [0.2, 0.25) is 0 Å². The van der Waals surface area contributed by atoms with E-state index in [1.807, 2.05) is 0 Å². The Morgan fingerprint density at radius 1 is 1.16 bits per heavy atom. The summed E-state index contributed by atoms with van der Waals surface area (Å²) in [5, 5.41) is 10.9. The van der Waals surface area contributed by atoms with Crippen LogP contribution in [0.25, 0.3) is 0 Å². The molecule has 2 rings (SSSR count). The summed E-state index contributed by atoms with van der Waals surface area (Å²) in [6, 6.07) is 7.00.